The van der Waals surface area contributed by atoms with Crippen LogP contribution in [-0.2, 0) is 4.74 Å². The molecule has 2 aromatic heterocycles. The summed E-state index contributed by atoms with van der Waals surface area (Å²) in [6.45, 7) is 6.24. The van der Waals surface area contributed by atoms with E-state index in [1.807, 2.05) is 26.8 Å². The number of nitrogens with one attached hydrogen (secondary N) is 1. The van der Waals surface area contributed by atoms with Crippen LogP contribution in [0.2, 0.25) is 0 Å². The van der Waals surface area contributed by atoms with E-state index in [2.05, 4.69) is 10.1 Å². The second-order valence-corrected chi connectivity index (χ2v) is 6.89. The number of H-pyrrole nitrogens is 1. The molecular weight excluding hydrogens is 296 g/mol. The Hall–Kier alpha value is -2.31. The third-order valence-electron chi connectivity index (χ3n) is 3.85. The average Bonchev–Trinajstić information content (AvgIpc) is 2.88. The number of fused-ring (bicyclic) bond motifs is 1. The van der Waals surface area contributed by atoms with Gasteiger partial charge in [0.2, 0.25) is 0 Å². The van der Waals surface area contributed by atoms with E-state index in [0.717, 1.165) is 25.0 Å². The van der Waals surface area contributed by atoms with Gasteiger partial charge in [0.05, 0.1) is 11.7 Å². The van der Waals surface area contributed by atoms with E-state index in [1.54, 1.807) is 15.6 Å². The van der Waals surface area contributed by atoms with Crippen LogP contribution in [0.5, 0.6) is 0 Å². The number of piperidine rings is 1. The zero-order valence-corrected chi connectivity index (χ0v) is 13.7. The van der Waals surface area contributed by atoms with Crippen LogP contribution in [0.25, 0.3) is 5.65 Å². The van der Waals surface area contributed by atoms with E-state index < -0.39 is 5.60 Å². The van der Waals surface area contributed by atoms with Crippen molar-refractivity contribution in [2.45, 2.75) is 51.7 Å². The fourth-order valence-corrected chi connectivity index (χ4v) is 2.87. The van der Waals surface area contributed by atoms with Gasteiger partial charge < -0.3 is 9.72 Å². The van der Waals surface area contributed by atoms with Crippen molar-refractivity contribution in [3.8, 4) is 0 Å². The monoisotopic (exact) mass is 318 g/mol. The largest absolute Gasteiger partial charge is 0.444 e. The number of hydrogen-bond acceptors (Lipinski definition) is 4. The number of rotatable bonds is 1. The smallest absolute Gasteiger partial charge is 0.410 e. The van der Waals surface area contributed by atoms with Crippen molar-refractivity contribution in [1.82, 2.24) is 19.5 Å². The highest BCUT2D eigenvalue weighted by molar-refractivity contribution is 5.69. The Morgan fingerprint density at radius 2 is 2.17 bits per heavy atom. The second-order valence-electron chi connectivity index (χ2n) is 6.89. The van der Waals surface area contributed by atoms with Crippen LogP contribution in [0.4, 0.5) is 4.79 Å². The summed E-state index contributed by atoms with van der Waals surface area (Å²) < 4.78 is 7.14. The summed E-state index contributed by atoms with van der Waals surface area (Å²) in [5, 5.41) is 4.50. The zero-order chi connectivity index (χ0) is 16.6. The summed E-state index contributed by atoms with van der Waals surface area (Å²) in [6, 6.07) is 3.13. The normalized spacial score (nSPS) is 19.1. The lowest BCUT2D eigenvalue weighted by atomic mass is 10.00. The van der Waals surface area contributed by atoms with Crippen molar-refractivity contribution in [1.29, 1.82) is 0 Å². The molecule has 0 saturated carbocycles. The molecule has 1 N–H and O–H groups in total. The summed E-state index contributed by atoms with van der Waals surface area (Å²) in [4.78, 5) is 28.4. The standard InChI is InChI=1S/C16H22N4O3/c1-16(2,3)23-15(22)19-8-5-4-6-12(19)11-10-13-17-14(21)7-9-20(13)18-11/h7,9-10,12H,4-6,8H2,1-3H3,(H,17,21)/t12-/m0/s1. The molecule has 1 atom stereocenters. The molecule has 1 aliphatic rings. The molecule has 0 bridgehead atoms. The van der Waals surface area contributed by atoms with Crippen molar-refractivity contribution in [2.24, 2.45) is 0 Å². The average molecular weight is 318 g/mol. The predicted molar refractivity (Wildman–Crippen MR) is 85.3 cm³/mol. The van der Waals surface area contributed by atoms with E-state index in [-0.39, 0.29) is 17.7 Å². The molecule has 7 nitrogen and oxygen atoms in total. The fourth-order valence-electron chi connectivity index (χ4n) is 2.87. The lowest BCUT2D eigenvalue weighted by molar-refractivity contribution is 0.00898. The van der Waals surface area contributed by atoms with Gasteiger partial charge in [-0.2, -0.15) is 5.10 Å². The molecule has 1 fully saturated rings. The van der Waals surface area contributed by atoms with Gasteiger partial charge in [0.1, 0.15) is 11.2 Å². The number of ether oxygens (including phenoxy) is 1. The maximum Gasteiger partial charge on any atom is 0.410 e. The number of amides is 1. The number of aromatic nitrogens is 3. The molecule has 0 aromatic carbocycles. The van der Waals surface area contributed by atoms with Crippen LogP contribution in [0, 0.1) is 0 Å². The molecule has 0 unspecified atom stereocenters. The van der Waals surface area contributed by atoms with Crippen LogP contribution >= 0.6 is 0 Å². The Morgan fingerprint density at radius 1 is 1.39 bits per heavy atom. The minimum Gasteiger partial charge on any atom is -0.444 e. The predicted octanol–water partition coefficient (Wildman–Crippen LogP) is 2.48. The third kappa shape index (κ3) is 3.38. The molecule has 0 spiro atoms. The van der Waals surface area contributed by atoms with Crippen LogP contribution < -0.4 is 5.56 Å². The van der Waals surface area contributed by atoms with Gasteiger partial charge in [0.25, 0.3) is 5.56 Å². The minimum atomic E-state index is -0.525. The first-order valence-corrected chi connectivity index (χ1v) is 7.92. The molecular formula is C16H22N4O3. The van der Waals surface area contributed by atoms with Crippen molar-refractivity contribution in [3.63, 3.8) is 0 Å². The van der Waals surface area contributed by atoms with E-state index in [1.165, 1.54) is 6.07 Å². The van der Waals surface area contributed by atoms with Gasteiger partial charge >= 0.3 is 6.09 Å². The summed E-state index contributed by atoms with van der Waals surface area (Å²) in [6.07, 6.45) is 4.15. The lowest BCUT2D eigenvalue weighted by Crippen LogP contribution is -2.42. The van der Waals surface area contributed by atoms with Crippen molar-refractivity contribution in [3.05, 3.63) is 34.4 Å². The van der Waals surface area contributed by atoms with E-state index >= 15 is 0 Å². The summed E-state index contributed by atoms with van der Waals surface area (Å²) in [5.41, 5.74) is 0.708. The van der Waals surface area contributed by atoms with Crippen LogP contribution in [0.1, 0.15) is 51.8 Å². The zero-order valence-electron chi connectivity index (χ0n) is 13.7. The molecule has 3 heterocycles. The van der Waals surface area contributed by atoms with E-state index in [0.29, 0.717) is 12.2 Å². The van der Waals surface area contributed by atoms with Crippen LogP contribution in [0.15, 0.2) is 23.1 Å². The highest BCUT2D eigenvalue weighted by atomic mass is 16.6. The fraction of sp³-hybridized carbons (Fsp3) is 0.562. The molecule has 124 valence electrons. The van der Waals surface area contributed by atoms with Gasteiger partial charge in [-0.1, -0.05) is 0 Å². The van der Waals surface area contributed by atoms with Crippen molar-refractivity contribution >= 4 is 11.7 Å². The highest BCUT2D eigenvalue weighted by Crippen LogP contribution is 2.31. The van der Waals surface area contributed by atoms with E-state index in [9.17, 15) is 9.59 Å². The molecule has 1 saturated heterocycles. The quantitative estimate of drug-likeness (QED) is 0.876. The lowest BCUT2D eigenvalue weighted by Gasteiger charge is -2.35. The van der Waals surface area contributed by atoms with Crippen molar-refractivity contribution in [2.75, 3.05) is 6.54 Å². The van der Waals surface area contributed by atoms with Crippen LogP contribution in [-0.4, -0.2) is 37.7 Å². The molecule has 23 heavy (non-hydrogen) atoms. The van der Waals surface area contributed by atoms with Crippen molar-refractivity contribution < 1.29 is 9.53 Å². The first kappa shape index (κ1) is 15.6. The molecule has 0 radical (unpaired) electrons. The third-order valence-corrected chi connectivity index (χ3v) is 3.85. The molecule has 0 aliphatic carbocycles. The Bertz CT molecular complexity index is 771. The van der Waals surface area contributed by atoms with Gasteiger partial charge in [0, 0.05) is 24.9 Å². The maximum atomic E-state index is 12.5. The Kier molecular flexibility index (Phi) is 3.87. The number of hydrogen-bond donors (Lipinski definition) is 1. The molecule has 1 aliphatic heterocycles. The number of aromatic amines is 1. The van der Waals surface area contributed by atoms with Gasteiger partial charge in [-0.25, -0.2) is 9.31 Å². The molecule has 7 heteroatoms. The number of nitrogens with zero attached hydrogens (tertiary/aromatic N) is 3. The summed E-state index contributed by atoms with van der Waals surface area (Å²) in [5.74, 6) is 0. The van der Waals surface area contributed by atoms with Crippen LogP contribution in [0.3, 0.4) is 0 Å². The van der Waals surface area contributed by atoms with Gasteiger partial charge in [-0.05, 0) is 40.0 Å². The highest BCUT2D eigenvalue weighted by Gasteiger charge is 2.32. The number of carbonyl (C=O) groups is 1. The molecule has 3 rings (SSSR count). The Balaban J connectivity index is 1.90. The Morgan fingerprint density at radius 3 is 2.91 bits per heavy atom. The SMILES string of the molecule is CC(C)(C)OC(=O)N1CCCC[C@H]1c1cc2[nH]c(=O)ccn2n1. The minimum absolute atomic E-state index is 0.123. The molecule has 1 amide bonds. The van der Waals surface area contributed by atoms with Gasteiger partial charge in [0.15, 0.2) is 0 Å². The maximum absolute atomic E-state index is 12.5. The van der Waals surface area contributed by atoms with Gasteiger partial charge in [-0.15, -0.1) is 0 Å². The number of likely N-dealkylation sites (tertiary alicyclic amines) is 1. The topological polar surface area (TPSA) is 79.7 Å². The first-order chi connectivity index (χ1) is 10.8. The van der Waals surface area contributed by atoms with Gasteiger partial charge in [-0.3, -0.25) is 9.69 Å². The molecule has 2 aromatic rings. The Labute approximate surface area is 134 Å². The van der Waals surface area contributed by atoms with E-state index in [4.69, 9.17) is 4.74 Å². The summed E-state index contributed by atoms with van der Waals surface area (Å²) >= 11 is 0. The summed E-state index contributed by atoms with van der Waals surface area (Å²) in [7, 11) is 0. The first-order valence-electron chi connectivity index (χ1n) is 7.92. The number of carbonyl (C=O) groups excluding carboxylic acids is 1. The second kappa shape index (κ2) is 5.72.